The molecule has 0 amide bonds. The fraction of sp³-hybridized carbons (Fsp3) is 0.208. The maximum absolute atomic E-state index is 14.5. The second-order valence-electron chi connectivity index (χ2n) is 8.04. The zero-order valence-electron chi connectivity index (χ0n) is 17.4. The van der Waals surface area contributed by atoms with Gasteiger partial charge in [0.2, 0.25) is 0 Å². The Morgan fingerprint density at radius 2 is 1.88 bits per heavy atom. The summed E-state index contributed by atoms with van der Waals surface area (Å²) in [4.78, 5) is 18.4. The quantitative estimate of drug-likeness (QED) is 0.400. The molecule has 164 valence electrons. The Kier molecular flexibility index (Phi) is 4.76. The lowest BCUT2D eigenvalue weighted by atomic mass is 9.99. The molecule has 0 aliphatic carbocycles. The molecule has 0 radical (unpaired) electrons. The maximum Gasteiger partial charge on any atom is 0.183 e. The van der Waals surface area contributed by atoms with Crippen LogP contribution in [0, 0.1) is 11.6 Å². The molecule has 0 saturated heterocycles. The summed E-state index contributed by atoms with van der Waals surface area (Å²) in [5, 5.41) is 4.47. The third-order valence-corrected chi connectivity index (χ3v) is 6.19. The molecule has 9 heteroatoms. The highest BCUT2D eigenvalue weighted by molar-refractivity contribution is 6.35. The van der Waals surface area contributed by atoms with Gasteiger partial charge in [-0.05, 0) is 37.1 Å². The number of allylic oxidation sites excluding steroid dienone is 1. The SMILES string of the molecule is Fc1cc(F)c(C2=NCC=C2c2ccc3ncc(-c4nc5n(n4)CCCC5)cc3n2)cc1Cl. The van der Waals surface area contributed by atoms with Gasteiger partial charge >= 0.3 is 0 Å². The molecule has 2 aliphatic rings. The molecule has 6 nitrogen and oxygen atoms in total. The van der Waals surface area contributed by atoms with E-state index in [0.29, 0.717) is 34.9 Å². The molecule has 0 bridgehead atoms. The first-order valence-corrected chi connectivity index (χ1v) is 11.1. The average molecular weight is 463 g/mol. The Morgan fingerprint density at radius 1 is 0.970 bits per heavy atom. The van der Waals surface area contributed by atoms with E-state index in [1.807, 2.05) is 29.0 Å². The molecular weight excluding hydrogens is 446 g/mol. The zero-order chi connectivity index (χ0) is 22.5. The third-order valence-electron chi connectivity index (χ3n) is 5.91. The highest BCUT2D eigenvalue weighted by atomic mass is 35.5. The van der Waals surface area contributed by atoms with Crippen molar-refractivity contribution in [3.05, 3.63) is 76.3 Å². The van der Waals surface area contributed by atoms with Crippen LogP contribution in [0.4, 0.5) is 8.78 Å². The minimum Gasteiger partial charge on any atom is -0.280 e. The van der Waals surface area contributed by atoms with Crippen LogP contribution in [0.3, 0.4) is 0 Å². The van der Waals surface area contributed by atoms with Crippen LogP contribution in [0.5, 0.6) is 0 Å². The van der Waals surface area contributed by atoms with E-state index in [0.717, 1.165) is 48.8 Å². The molecule has 2 aliphatic heterocycles. The lowest BCUT2D eigenvalue weighted by Gasteiger charge is -2.10. The standard InChI is InChI=1S/C24H17ClF2N6/c25-16-10-15(17(26)11-18(16)27)23-14(6-7-28-23)19-4-5-20-21(30-19)9-13(12-29-20)24-31-22-3-1-2-8-33(22)32-24/h4-6,9-12H,1-3,7-8H2. The van der Waals surface area contributed by atoms with Gasteiger partial charge < -0.3 is 0 Å². The first-order chi connectivity index (χ1) is 16.1. The predicted octanol–water partition coefficient (Wildman–Crippen LogP) is 5.04. The smallest absolute Gasteiger partial charge is 0.183 e. The number of fused-ring (bicyclic) bond motifs is 2. The second kappa shape index (κ2) is 7.81. The van der Waals surface area contributed by atoms with E-state index in [9.17, 15) is 8.78 Å². The summed E-state index contributed by atoms with van der Waals surface area (Å²) in [5.74, 6) is 0.107. The molecular formula is C24H17ClF2N6. The molecule has 3 aromatic heterocycles. The van der Waals surface area contributed by atoms with Gasteiger partial charge in [0.15, 0.2) is 5.82 Å². The summed E-state index contributed by atoms with van der Waals surface area (Å²) in [6.45, 7) is 1.26. The Morgan fingerprint density at radius 3 is 2.76 bits per heavy atom. The zero-order valence-corrected chi connectivity index (χ0v) is 18.2. The lowest BCUT2D eigenvalue weighted by molar-refractivity contribution is 0.480. The molecule has 6 rings (SSSR count). The number of benzene rings is 1. The Balaban J connectivity index is 1.39. The molecule has 0 unspecified atom stereocenters. The van der Waals surface area contributed by atoms with Crippen molar-refractivity contribution >= 4 is 33.9 Å². The van der Waals surface area contributed by atoms with Crippen LogP contribution in [-0.4, -0.2) is 37.0 Å². The summed E-state index contributed by atoms with van der Waals surface area (Å²) in [7, 11) is 0. The van der Waals surface area contributed by atoms with Crippen LogP contribution >= 0.6 is 11.6 Å². The van der Waals surface area contributed by atoms with Gasteiger partial charge in [0.05, 0.1) is 34.0 Å². The van der Waals surface area contributed by atoms with E-state index >= 15 is 0 Å². The van der Waals surface area contributed by atoms with Crippen molar-refractivity contribution in [1.82, 2.24) is 24.7 Å². The normalized spacial score (nSPS) is 15.5. The third kappa shape index (κ3) is 3.51. The van der Waals surface area contributed by atoms with Crippen molar-refractivity contribution in [3.8, 4) is 11.4 Å². The van der Waals surface area contributed by atoms with Gasteiger partial charge in [-0.3, -0.25) is 9.98 Å². The highest BCUT2D eigenvalue weighted by Crippen LogP contribution is 2.29. The summed E-state index contributed by atoms with van der Waals surface area (Å²) in [5.41, 5.74) is 4.01. The lowest BCUT2D eigenvalue weighted by Crippen LogP contribution is -2.11. The highest BCUT2D eigenvalue weighted by Gasteiger charge is 2.22. The molecule has 0 N–H and O–H groups in total. The molecule has 4 aromatic rings. The maximum atomic E-state index is 14.5. The van der Waals surface area contributed by atoms with Gasteiger partial charge in [0.25, 0.3) is 0 Å². The summed E-state index contributed by atoms with van der Waals surface area (Å²) < 4.78 is 30.1. The number of hydrogen-bond donors (Lipinski definition) is 0. The van der Waals surface area contributed by atoms with E-state index in [4.69, 9.17) is 16.6 Å². The van der Waals surface area contributed by atoms with Crippen LogP contribution in [-0.2, 0) is 13.0 Å². The Bertz CT molecular complexity index is 1470. The van der Waals surface area contributed by atoms with E-state index < -0.39 is 11.6 Å². The Hall–Kier alpha value is -3.52. The van der Waals surface area contributed by atoms with Crippen molar-refractivity contribution in [2.45, 2.75) is 25.8 Å². The Labute approximate surface area is 192 Å². The van der Waals surface area contributed by atoms with Crippen molar-refractivity contribution < 1.29 is 8.78 Å². The fourth-order valence-electron chi connectivity index (χ4n) is 4.25. The number of aryl methyl sites for hydroxylation is 2. The van der Waals surface area contributed by atoms with Gasteiger partial charge in [-0.2, -0.15) is 5.10 Å². The van der Waals surface area contributed by atoms with Crippen molar-refractivity contribution in [3.63, 3.8) is 0 Å². The van der Waals surface area contributed by atoms with Crippen molar-refractivity contribution in [1.29, 1.82) is 0 Å². The summed E-state index contributed by atoms with van der Waals surface area (Å²) in [6, 6.07) is 7.62. The molecule has 0 atom stereocenters. The number of aliphatic imine (C=N–C) groups is 1. The van der Waals surface area contributed by atoms with Crippen LogP contribution in [0.1, 0.15) is 29.9 Å². The molecule has 0 spiro atoms. The van der Waals surface area contributed by atoms with Gasteiger partial charge in [0.1, 0.15) is 17.5 Å². The van der Waals surface area contributed by atoms with Crippen LogP contribution in [0.15, 0.2) is 47.6 Å². The number of pyridine rings is 2. The largest absolute Gasteiger partial charge is 0.280 e. The molecule has 33 heavy (non-hydrogen) atoms. The number of aromatic nitrogens is 5. The van der Waals surface area contributed by atoms with E-state index in [1.165, 1.54) is 6.07 Å². The number of nitrogens with zero attached hydrogens (tertiary/aromatic N) is 6. The minimum absolute atomic E-state index is 0.145. The van der Waals surface area contributed by atoms with Gasteiger partial charge in [-0.15, -0.1) is 0 Å². The topological polar surface area (TPSA) is 68.8 Å². The molecule has 0 saturated carbocycles. The van der Waals surface area contributed by atoms with Crippen molar-refractivity contribution in [2.75, 3.05) is 6.54 Å². The monoisotopic (exact) mass is 462 g/mol. The summed E-state index contributed by atoms with van der Waals surface area (Å²) in [6.07, 6.45) is 6.77. The first-order valence-electron chi connectivity index (χ1n) is 10.7. The van der Waals surface area contributed by atoms with Gasteiger partial charge in [-0.1, -0.05) is 17.7 Å². The number of halogens is 3. The van der Waals surface area contributed by atoms with Gasteiger partial charge in [-0.25, -0.2) is 23.4 Å². The molecule has 0 fully saturated rings. The van der Waals surface area contributed by atoms with E-state index in [-0.39, 0.29) is 10.6 Å². The molecule has 5 heterocycles. The van der Waals surface area contributed by atoms with Crippen LogP contribution in [0.2, 0.25) is 5.02 Å². The van der Waals surface area contributed by atoms with Crippen LogP contribution < -0.4 is 0 Å². The predicted molar refractivity (Wildman–Crippen MR) is 122 cm³/mol. The number of hydrogen-bond acceptors (Lipinski definition) is 5. The molecule has 1 aromatic carbocycles. The van der Waals surface area contributed by atoms with Crippen LogP contribution in [0.25, 0.3) is 28.0 Å². The number of rotatable bonds is 3. The van der Waals surface area contributed by atoms with Gasteiger partial charge in [0, 0.05) is 41.9 Å². The first kappa shape index (κ1) is 20.1. The summed E-state index contributed by atoms with van der Waals surface area (Å²) >= 11 is 5.90. The minimum atomic E-state index is -0.806. The second-order valence-corrected chi connectivity index (χ2v) is 8.45. The average Bonchev–Trinajstić information content (AvgIpc) is 3.48. The van der Waals surface area contributed by atoms with E-state index in [2.05, 4.69) is 20.1 Å². The fourth-order valence-corrected chi connectivity index (χ4v) is 4.42. The van der Waals surface area contributed by atoms with E-state index in [1.54, 1.807) is 6.20 Å². The van der Waals surface area contributed by atoms with Crippen molar-refractivity contribution in [2.24, 2.45) is 4.99 Å².